The van der Waals surface area contributed by atoms with Crippen LogP contribution < -0.4 is 0 Å². The molecule has 0 bridgehead atoms. The standard InChI is InChI=1S/C8H20P.Y/c1-5-9(6-2,7-3)8-4;/h5-8H2,1-4H3;/q+1;/i5D;. The van der Waals surface area contributed by atoms with Gasteiger partial charge in [0.15, 0.2) is 0 Å². The second-order valence-corrected chi connectivity index (χ2v) is 7.28. The van der Waals surface area contributed by atoms with Crippen LogP contribution in [-0.2, 0) is 32.7 Å². The average Bonchev–Trinajstić information content (AvgIpc) is 1.92. The molecule has 10 heavy (non-hydrogen) atoms. The normalized spacial score (nSPS) is 15.4. The molecule has 0 spiro atoms. The molecule has 0 saturated carbocycles. The van der Waals surface area contributed by atoms with Crippen LogP contribution >= 0.6 is 7.26 Å². The van der Waals surface area contributed by atoms with Gasteiger partial charge >= 0.3 is 0 Å². The molecule has 0 rings (SSSR count). The Morgan fingerprint density at radius 2 is 1.30 bits per heavy atom. The molecule has 0 aliphatic rings. The van der Waals surface area contributed by atoms with Crippen LogP contribution in [0.25, 0.3) is 0 Å². The van der Waals surface area contributed by atoms with Crippen molar-refractivity contribution in [2.24, 2.45) is 0 Å². The monoisotopic (exact) mass is 237 g/mol. The van der Waals surface area contributed by atoms with Crippen LogP contribution in [0.1, 0.15) is 29.1 Å². The van der Waals surface area contributed by atoms with Gasteiger partial charge in [0.2, 0.25) is 0 Å². The van der Waals surface area contributed by atoms with Gasteiger partial charge in [0.1, 0.15) is 0 Å². The van der Waals surface area contributed by atoms with Gasteiger partial charge in [-0.1, -0.05) is 0 Å². The molecule has 0 N–H and O–H groups in total. The Bertz CT molecular complexity index is 83.8. The van der Waals surface area contributed by atoms with E-state index in [2.05, 4.69) is 27.7 Å². The zero-order valence-corrected chi connectivity index (χ0v) is 11.5. The largest absolute Gasteiger partial charge is 0.0705 e. The summed E-state index contributed by atoms with van der Waals surface area (Å²) in [4.78, 5) is 0. The van der Waals surface area contributed by atoms with Gasteiger partial charge in [-0.05, 0) is 27.7 Å². The Labute approximate surface area is 93.2 Å². The second kappa shape index (κ2) is 7.20. The summed E-state index contributed by atoms with van der Waals surface area (Å²) in [6.45, 7) is 8.79. The third-order valence-corrected chi connectivity index (χ3v) is 7.31. The van der Waals surface area contributed by atoms with Crippen molar-refractivity contribution in [3.8, 4) is 0 Å². The SMILES string of the molecule is [2H]C(C)[P+](CC)(CC)CC.[Y]. The fourth-order valence-electron chi connectivity index (χ4n) is 1.22. The van der Waals surface area contributed by atoms with E-state index in [1.807, 2.05) is 0 Å². The predicted molar refractivity (Wildman–Crippen MR) is 49.1 cm³/mol. The van der Waals surface area contributed by atoms with E-state index < -0.39 is 7.26 Å². The first-order valence-corrected chi connectivity index (χ1v) is 6.32. The minimum atomic E-state index is -0.844. The predicted octanol–water partition coefficient (Wildman–Crippen LogP) is 3.08. The third kappa shape index (κ3) is 3.79. The van der Waals surface area contributed by atoms with Crippen molar-refractivity contribution in [3.63, 3.8) is 0 Å². The van der Waals surface area contributed by atoms with E-state index in [9.17, 15) is 0 Å². The first-order valence-electron chi connectivity index (χ1n) is 4.48. The van der Waals surface area contributed by atoms with E-state index >= 15 is 0 Å². The molecule has 1 radical (unpaired) electrons. The minimum absolute atomic E-state index is 0. The molecule has 0 saturated heterocycles. The van der Waals surface area contributed by atoms with Crippen molar-refractivity contribution < 1.29 is 34.1 Å². The van der Waals surface area contributed by atoms with Crippen molar-refractivity contribution in [3.05, 3.63) is 0 Å². The van der Waals surface area contributed by atoms with Crippen molar-refractivity contribution in [2.45, 2.75) is 27.7 Å². The van der Waals surface area contributed by atoms with Gasteiger partial charge < -0.3 is 0 Å². The Morgan fingerprint density at radius 1 is 1.00 bits per heavy atom. The molecule has 59 valence electrons. The average molecular weight is 237 g/mol. The molecule has 0 nitrogen and oxygen atoms in total. The van der Waals surface area contributed by atoms with Crippen LogP contribution in [0.5, 0.6) is 0 Å². The summed E-state index contributed by atoms with van der Waals surface area (Å²) >= 11 is 0. The second-order valence-electron chi connectivity index (χ2n) is 2.43. The van der Waals surface area contributed by atoms with Crippen molar-refractivity contribution in [1.29, 1.82) is 0 Å². The topological polar surface area (TPSA) is 0 Å². The van der Waals surface area contributed by atoms with E-state index in [4.69, 9.17) is 1.37 Å². The van der Waals surface area contributed by atoms with Gasteiger partial charge in [-0.3, -0.25) is 0 Å². The molecular formula is C8H20PY+. The van der Waals surface area contributed by atoms with Gasteiger partial charge in [-0.25, -0.2) is 0 Å². The molecule has 0 aromatic heterocycles. The zero-order valence-electron chi connectivity index (χ0n) is 8.72. The molecule has 1 unspecified atom stereocenters. The van der Waals surface area contributed by atoms with Crippen molar-refractivity contribution in [2.75, 3.05) is 24.6 Å². The fraction of sp³-hybridized carbons (Fsp3) is 1.00. The van der Waals surface area contributed by atoms with Gasteiger partial charge in [0, 0.05) is 40.0 Å². The molecule has 0 aliphatic carbocycles. The molecule has 0 aromatic rings. The molecule has 0 fully saturated rings. The van der Waals surface area contributed by atoms with Crippen LogP contribution in [0, 0.1) is 0 Å². The Kier molecular flexibility index (Phi) is 8.30. The quantitative estimate of drug-likeness (QED) is 0.659. The molecule has 2 heteroatoms. The summed E-state index contributed by atoms with van der Waals surface area (Å²) in [5.74, 6) is 0. The smallest absolute Gasteiger partial charge is 0.0311 e. The number of rotatable bonds is 4. The van der Waals surface area contributed by atoms with E-state index in [1.54, 1.807) is 0 Å². The summed E-state index contributed by atoms with van der Waals surface area (Å²) in [6, 6.07) is 0. The summed E-state index contributed by atoms with van der Waals surface area (Å²) < 4.78 is 7.73. The zero-order chi connectivity index (χ0) is 8.20. The summed E-state index contributed by atoms with van der Waals surface area (Å²) in [6.07, 6.45) is 3.97. The van der Waals surface area contributed by atoms with Gasteiger partial charge in [-0.15, -0.1) is 0 Å². The summed E-state index contributed by atoms with van der Waals surface area (Å²) in [5.41, 5.74) is 0. The minimum Gasteiger partial charge on any atom is -0.0311 e. The van der Waals surface area contributed by atoms with E-state index in [1.165, 1.54) is 18.5 Å². The van der Waals surface area contributed by atoms with Crippen LogP contribution in [0.2, 0.25) is 0 Å². The number of hydrogen-bond donors (Lipinski definition) is 0. The van der Waals surface area contributed by atoms with E-state index in [0.29, 0.717) is 0 Å². The molecule has 1 atom stereocenters. The van der Waals surface area contributed by atoms with E-state index in [-0.39, 0.29) is 38.8 Å². The van der Waals surface area contributed by atoms with Gasteiger partial charge in [-0.2, -0.15) is 0 Å². The van der Waals surface area contributed by atoms with Crippen LogP contribution in [0.3, 0.4) is 0 Å². The van der Waals surface area contributed by atoms with Crippen LogP contribution in [0.15, 0.2) is 0 Å². The Hall–Kier alpha value is 1.53. The maximum atomic E-state index is 7.73. The van der Waals surface area contributed by atoms with Crippen LogP contribution in [-0.4, -0.2) is 24.6 Å². The van der Waals surface area contributed by atoms with Crippen molar-refractivity contribution >= 4 is 7.26 Å². The van der Waals surface area contributed by atoms with Gasteiger partial charge in [0.25, 0.3) is 0 Å². The third-order valence-electron chi connectivity index (χ3n) is 2.44. The maximum Gasteiger partial charge on any atom is 0.0705 e. The first-order chi connectivity index (χ1) is 4.63. The Morgan fingerprint density at radius 3 is 1.30 bits per heavy atom. The first kappa shape index (κ1) is 11.5. The molecule has 0 aliphatic heterocycles. The molecule has 0 heterocycles. The summed E-state index contributed by atoms with van der Waals surface area (Å²) in [5, 5.41) is 0. The summed E-state index contributed by atoms with van der Waals surface area (Å²) in [7, 11) is -0.844. The molecule has 0 amide bonds. The van der Waals surface area contributed by atoms with E-state index in [0.717, 1.165) is 0 Å². The van der Waals surface area contributed by atoms with Crippen molar-refractivity contribution in [1.82, 2.24) is 0 Å². The fourth-order valence-corrected chi connectivity index (χ4v) is 3.66. The maximum absolute atomic E-state index is 7.73. The Balaban J connectivity index is 0. The molecular weight excluding hydrogens is 216 g/mol. The van der Waals surface area contributed by atoms with Gasteiger partial charge in [0.05, 0.1) is 26.0 Å². The molecule has 0 aromatic carbocycles. The number of hydrogen-bond acceptors (Lipinski definition) is 0. The van der Waals surface area contributed by atoms with Crippen LogP contribution in [0.4, 0.5) is 0 Å².